The van der Waals surface area contributed by atoms with E-state index in [2.05, 4.69) is 5.32 Å². The predicted molar refractivity (Wildman–Crippen MR) is 61.5 cm³/mol. The maximum absolute atomic E-state index is 11.2. The molecule has 0 atom stereocenters. The summed E-state index contributed by atoms with van der Waals surface area (Å²) in [5.41, 5.74) is 0. The van der Waals surface area contributed by atoms with Crippen LogP contribution >= 0.6 is 0 Å². The van der Waals surface area contributed by atoms with Crippen molar-refractivity contribution >= 4 is 5.97 Å². The van der Waals surface area contributed by atoms with Gasteiger partial charge in [0.2, 0.25) is 0 Å². The molecule has 0 bridgehead atoms. The quantitative estimate of drug-likeness (QED) is 0.741. The van der Waals surface area contributed by atoms with Gasteiger partial charge >= 0.3 is 5.97 Å². The van der Waals surface area contributed by atoms with Crippen LogP contribution in [0.2, 0.25) is 0 Å². The topological polar surface area (TPSA) is 56.8 Å². The van der Waals surface area contributed by atoms with Gasteiger partial charge in [-0.1, -0.05) is 0 Å². The lowest BCUT2D eigenvalue weighted by atomic mass is 9.90. The summed E-state index contributed by atoms with van der Waals surface area (Å²) in [6, 6.07) is 0.373. The van der Waals surface area contributed by atoms with Crippen molar-refractivity contribution in [2.24, 2.45) is 0 Å². The van der Waals surface area contributed by atoms with Gasteiger partial charge in [0.05, 0.1) is 26.4 Å². The van der Waals surface area contributed by atoms with Crippen LogP contribution in [-0.2, 0) is 19.0 Å². The molecule has 0 aromatic heterocycles. The molecule has 1 aliphatic heterocycles. The highest BCUT2D eigenvalue weighted by Gasteiger charge is 2.40. The van der Waals surface area contributed by atoms with Crippen LogP contribution in [0.5, 0.6) is 0 Å². The normalized spacial score (nSPS) is 24.1. The third kappa shape index (κ3) is 3.40. The van der Waals surface area contributed by atoms with Gasteiger partial charge in [0.1, 0.15) is 0 Å². The highest BCUT2D eigenvalue weighted by molar-refractivity contribution is 5.71. The van der Waals surface area contributed by atoms with Crippen molar-refractivity contribution in [3.8, 4) is 0 Å². The second kappa shape index (κ2) is 5.80. The Kier molecular flexibility index (Phi) is 4.36. The standard InChI is InChI=1S/C12H21NO4/c1-2-15-11(14)9-13-10-3-5-12(6-4-10)16-7-8-17-12/h10,13H,2-9H2,1H3. The first-order valence-corrected chi connectivity index (χ1v) is 6.41. The second-order valence-corrected chi connectivity index (χ2v) is 4.57. The molecule has 5 nitrogen and oxygen atoms in total. The number of carbonyl (C=O) groups is 1. The summed E-state index contributed by atoms with van der Waals surface area (Å²) in [5.74, 6) is -0.497. The molecule has 1 saturated heterocycles. The zero-order valence-corrected chi connectivity index (χ0v) is 10.4. The number of esters is 1. The van der Waals surface area contributed by atoms with E-state index < -0.39 is 0 Å². The van der Waals surface area contributed by atoms with Crippen LogP contribution < -0.4 is 5.32 Å². The average Bonchev–Trinajstić information content (AvgIpc) is 2.78. The first-order chi connectivity index (χ1) is 8.24. The summed E-state index contributed by atoms with van der Waals surface area (Å²) in [6.07, 6.45) is 3.79. The van der Waals surface area contributed by atoms with Gasteiger partial charge in [0.25, 0.3) is 0 Å². The lowest BCUT2D eigenvalue weighted by Gasteiger charge is -2.35. The minimum atomic E-state index is -0.317. The fourth-order valence-corrected chi connectivity index (χ4v) is 2.49. The number of carbonyl (C=O) groups excluding carboxylic acids is 1. The van der Waals surface area contributed by atoms with E-state index in [1.807, 2.05) is 6.92 Å². The summed E-state index contributed by atoms with van der Waals surface area (Å²) < 4.78 is 16.2. The zero-order valence-electron chi connectivity index (χ0n) is 10.4. The Balaban J connectivity index is 1.67. The minimum Gasteiger partial charge on any atom is -0.465 e. The Bertz CT molecular complexity index is 253. The molecule has 1 spiro atoms. The van der Waals surface area contributed by atoms with E-state index >= 15 is 0 Å². The molecule has 0 aromatic carbocycles. The fourth-order valence-electron chi connectivity index (χ4n) is 2.49. The third-order valence-corrected chi connectivity index (χ3v) is 3.40. The molecule has 0 aromatic rings. The summed E-state index contributed by atoms with van der Waals surface area (Å²) in [4.78, 5) is 11.2. The van der Waals surface area contributed by atoms with Crippen LogP contribution in [0, 0.1) is 0 Å². The molecule has 1 heterocycles. The van der Waals surface area contributed by atoms with Crippen LogP contribution in [0.1, 0.15) is 32.6 Å². The zero-order chi connectivity index (χ0) is 12.1. The first-order valence-electron chi connectivity index (χ1n) is 6.41. The van der Waals surface area contributed by atoms with Crippen molar-refractivity contribution in [1.29, 1.82) is 0 Å². The van der Waals surface area contributed by atoms with Gasteiger partial charge in [-0.15, -0.1) is 0 Å². The number of hydrogen-bond acceptors (Lipinski definition) is 5. The van der Waals surface area contributed by atoms with Crippen LogP contribution in [0.15, 0.2) is 0 Å². The summed E-state index contributed by atoms with van der Waals surface area (Å²) in [6.45, 7) is 3.97. The summed E-state index contributed by atoms with van der Waals surface area (Å²) in [5, 5.41) is 3.23. The fraction of sp³-hybridized carbons (Fsp3) is 0.917. The smallest absolute Gasteiger partial charge is 0.319 e. The molecule has 2 rings (SSSR count). The monoisotopic (exact) mass is 243 g/mol. The van der Waals surface area contributed by atoms with Gasteiger partial charge in [-0.25, -0.2) is 0 Å². The van der Waals surface area contributed by atoms with Crippen molar-refractivity contribution in [2.75, 3.05) is 26.4 Å². The molecule has 0 amide bonds. The highest BCUT2D eigenvalue weighted by atomic mass is 16.7. The summed E-state index contributed by atoms with van der Waals surface area (Å²) in [7, 11) is 0. The van der Waals surface area contributed by atoms with E-state index in [1.165, 1.54) is 0 Å². The van der Waals surface area contributed by atoms with E-state index in [9.17, 15) is 4.79 Å². The van der Waals surface area contributed by atoms with Gasteiger partial charge in [-0.05, 0) is 19.8 Å². The molecule has 1 N–H and O–H groups in total. The molecule has 0 radical (unpaired) electrons. The number of nitrogens with one attached hydrogen (secondary N) is 1. The molecule has 2 fully saturated rings. The predicted octanol–water partition coefficient (Wildman–Crippen LogP) is 0.825. The molecule has 1 saturated carbocycles. The number of ether oxygens (including phenoxy) is 3. The first kappa shape index (κ1) is 12.8. The Labute approximate surface area is 102 Å². The maximum Gasteiger partial charge on any atom is 0.319 e. The maximum atomic E-state index is 11.2. The second-order valence-electron chi connectivity index (χ2n) is 4.57. The Hall–Kier alpha value is -0.650. The van der Waals surface area contributed by atoms with Crippen molar-refractivity contribution in [3.05, 3.63) is 0 Å². The van der Waals surface area contributed by atoms with Gasteiger partial charge in [-0.2, -0.15) is 0 Å². The van der Waals surface area contributed by atoms with Crippen LogP contribution in [0.4, 0.5) is 0 Å². The van der Waals surface area contributed by atoms with E-state index in [-0.39, 0.29) is 11.8 Å². The van der Waals surface area contributed by atoms with Gasteiger partial charge in [0.15, 0.2) is 5.79 Å². The van der Waals surface area contributed by atoms with Crippen LogP contribution in [0.25, 0.3) is 0 Å². The molecule has 0 unspecified atom stereocenters. The molecule has 1 aliphatic carbocycles. The molecule has 2 aliphatic rings. The Morgan fingerprint density at radius 1 is 1.35 bits per heavy atom. The lowest BCUT2D eigenvalue weighted by Crippen LogP contribution is -2.43. The molecular formula is C12H21NO4. The number of rotatable bonds is 4. The van der Waals surface area contributed by atoms with Crippen LogP contribution in [0.3, 0.4) is 0 Å². The van der Waals surface area contributed by atoms with Gasteiger partial charge in [-0.3, -0.25) is 4.79 Å². The lowest BCUT2D eigenvalue weighted by molar-refractivity contribution is -0.179. The molecule has 5 heteroatoms. The summed E-state index contributed by atoms with van der Waals surface area (Å²) >= 11 is 0. The van der Waals surface area contributed by atoms with E-state index in [0.717, 1.165) is 25.7 Å². The SMILES string of the molecule is CCOC(=O)CNC1CCC2(CC1)OCCO2. The number of hydrogen-bond donors (Lipinski definition) is 1. The largest absolute Gasteiger partial charge is 0.465 e. The molecular weight excluding hydrogens is 222 g/mol. The Morgan fingerprint density at radius 2 is 2.00 bits per heavy atom. The van der Waals surface area contributed by atoms with Crippen molar-refractivity contribution in [2.45, 2.75) is 44.4 Å². The third-order valence-electron chi connectivity index (χ3n) is 3.40. The van der Waals surface area contributed by atoms with Crippen LogP contribution in [-0.4, -0.2) is 44.2 Å². The van der Waals surface area contributed by atoms with E-state index in [0.29, 0.717) is 32.4 Å². The minimum absolute atomic E-state index is 0.179. The van der Waals surface area contributed by atoms with E-state index in [1.54, 1.807) is 0 Å². The molecule has 17 heavy (non-hydrogen) atoms. The van der Waals surface area contributed by atoms with Crippen molar-refractivity contribution in [1.82, 2.24) is 5.32 Å². The van der Waals surface area contributed by atoms with Gasteiger partial charge in [0, 0.05) is 18.9 Å². The highest BCUT2D eigenvalue weighted by Crippen LogP contribution is 2.35. The van der Waals surface area contributed by atoms with Crippen molar-refractivity contribution < 1.29 is 19.0 Å². The Morgan fingerprint density at radius 3 is 2.59 bits per heavy atom. The molecule has 98 valence electrons. The van der Waals surface area contributed by atoms with Crippen molar-refractivity contribution in [3.63, 3.8) is 0 Å². The average molecular weight is 243 g/mol. The van der Waals surface area contributed by atoms with Gasteiger partial charge < -0.3 is 19.5 Å². The van der Waals surface area contributed by atoms with E-state index in [4.69, 9.17) is 14.2 Å².